The van der Waals surface area contributed by atoms with Gasteiger partial charge < -0.3 is 10.6 Å². The number of halogens is 1. The summed E-state index contributed by atoms with van der Waals surface area (Å²) in [6.07, 6.45) is 1.33. The molecule has 0 aromatic carbocycles. The first-order chi connectivity index (χ1) is 9.00. The molecule has 2 N–H and O–H groups in total. The summed E-state index contributed by atoms with van der Waals surface area (Å²) in [4.78, 5) is 22.3. The molecule has 2 rings (SSSR count). The Hall–Kier alpha value is -1.24. The van der Waals surface area contributed by atoms with Crippen LogP contribution in [0.5, 0.6) is 0 Å². The van der Waals surface area contributed by atoms with E-state index in [1.54, 1.807) is 0 Å². The van der Waals surface area contributed by atoms with Crippen LogP contribution in [0.15, 0.2) is 12.4 Å². The predicted octanol–water partition coefficient (Wildman–Crippen LogP) is 0.752. The van der Waals surface area contributed by atoms with E-state index in [-0.39, 0.29) is 5.91 Å². The van der Waals surface area contributed by atoms with E-state index in [1.165, 1.54) is 12.4 Å². The van der Waals surface area contributed by atoms with Crippen molar-refractivity contribution < 1.29 is 4.79 Å². The molecule has 7 heteroatoms. The second-order valence-corrected chi connectivity index (χ2v) is 5.36. The molecular formula is C12H18ClN5O. The Labute approximate surface area is 117 Å². The van der Waals surface area contributed by atoms with Crippen molar-refractivity contribution in [2.45, 2.75) is 19.4 Å². The van der Waals surface area contributed by atoms with Crippen molar-refractivity contribution in [1.82, 2.24) is 20.2 Å². The van der Waals surface area contributed by atoms with Gasteiger partial charge >= 0.3 is 0 Å². The Bertz CT molecular complexity index is 459. The number of nitrogens with zero attached hydrogens (tertiary/aromatic N) is 3. The van der Waals surface area contributed by atoms with Gasteiger partial charge in [0, 0.05) is 32.2 Å². The van der Waals surface area contributed by atoms with Crippen LogP contribution in [0.3, 0.4) is 0 Å². The quantitative estimate of drug-likeness (QED) is 0.801. The van der Waals surface area contributed by atoms with Crippen molar-refractivity contribution in [2.24, 2.45) is 0 Å². The molecule has 1 aromatic rings. The maximum absolute atomic E-state index is 12.4. The third kappa shape index (κ3) is 3.40. The Balaban J connectivity index is 2.05. The zero-order valence-electron chi connectivity index (χ0n) is 11.1. The van der Waals surface area contributed by atoms with E-state index in [0.29, 0.717) is 11.0 Å². The van der Waals surface area contributed by atoms with Crippen LogP contribution in [0.2, 0.25) is 5.15 Å². The number of carbonyl (C=O) groups is 1. The minimum Gasteiger partial charge on any atom is -0.314 e. The molecule has 2 heterocycles. The van der Waals surface area contributed by atoms with Gasteiger partial charge in [0.2, 0.25) is 5.91 Å². The van der Waals surface area contributed by atoms with E-state index in [4.69, 9.17) is 11.6 Å². The Morgan fingerprint density at radius 2 is 2.11 bits per heavy atom. The minimum atomic E-state index is -0.584. The largest absolute Gasteiger partial charge is 0.314 e. The van der Waals surface area contributed by atoms with Gasteiger partial charge in [-0.2, -0.15) is 0 Å². The monoisotopic (exact) mass is 283 g/mol. The van der Waals surface area contributed by atoms with Crippen LogP contribution in [0, 0.1) is 0 Å². The maximum atomic E-state index is 12.4. The zero-order valence-corrected chi connectivity index (χ0v) is 11.9. The Morgan fingerprint density at radius 3 is 2.74 bits per heavy atom. The average molecular weight is 284 g/mol. The highest BCUT2D eigenvalue weighted by molar-refractivity contribution is 6.29. The molecule has 0 unspecified atom stereocenters. The SMILES string of the molecule is CC(C)(C(=O)Nc1cc(Cl)ncn1)N1CCNCC1. The number of carbonyl (C=O) groups excluding carboxylic acids is 1. The summed E-state index contributed by atoms with van der Waals surface area (Å²) in [5, 5.41) is 6.37. The van der Waals surface area contributed by atoms with Gasteiger partial charge in [0.25, 0.3) is 0 Å². The number of piperazine rings is 1. The summed E-state index contributed by atoms with van der Waals surface area (Å²) in [5.41, 5.74) is -0.584. The summed E-state index contributed by atoms with van der Waals surface area (Å²) in [6, 6.07) is 1.54. The first-order valence-corrected chi connectivity index (χ1v) is 6.63. The van der Waals surface area contributed by atoms with Gasteiger partial charge in [0.05, 0.1) is 5.54 Å². The highest BCUT2D eigenvalue weighted by Gasteiger charge is 2.35. The molecule has 1 saturated heterocycles. The highest BCUT2D eigenvalue weighted by atomic mass is 35.5. The van der Waals surface area contributed by atoms with E-state index in [9.17, 15) is 4.79 Å². The molecule has 19 heavy (non-hydrogen) atoms. The van der Waals surface area contributed by atoms with Crippen LogP contribution in [0.1, 0.15) is 13.8 Å². The van der Waals surface area contributed by atoms with Gasteiger partial charge in [-0.1, -0.05) is 11.6 Å². The number of hydrogen-bond donors (Lipinski definition) is 2. The lowest BCUT2D eigenvalue weighted by molar-refractivity contribution is -0.126. The first-order valence-electron chi connectivity index (χ1n) is 6.25. The molecule has 1 amide bonds. The third-order valence-electron chi connectivity index (χ3n) is 3.34. The molecule has 0 radical (unpaired) electrons. The fraction of sp³-hybridized carbons (Fsp3) is 0.583. The van der Waals surface area contributed by atoms with E-state index in [2.05, 4.69) is 25.5 Å². The number of aromatic nitrogens is 2. The van der Waals surface area contributed by atoms with Crippen molar-refractivity contribution in [1.29, 1.82) is 0 Å². The molecule has 1 aromatic heterocycles. The number of anilines is 1. The lowest BCUT2D eigenvalue weighted by Gasteiger charge is -2.39. The third-order valence-corrected chi connectivity index (χ3v) is 3.55. The molecular weight excluding hydrogens is 266 g/mol. The topological polar surface area (TPSA) is 70.2 Å². The molecule has 0 saturated carbocycles. The lowest BCUT2D eigenvalue weighted by atomic mass is 10.0. The maximum Gasteiger partial charge on any atom is 0.245 e. The predicted molar refractivity (Wildman–Crippen MR) is 74.2 cm³/mol. The van der Waals surface area contributed by atoms with Crippen LogP contribution < -0.4 is 10.6 Å². The molecule has 1 fully saturated rings. The summed E-state index contributed by atoms with van der Waals surface area (Å²) in [5.74, 6) is 0.331. The van der Waals surface area contributed by atoms with Gasteiger partial charge in [0.1, 0.15) is 17.3 Å². The highest BCUT2D eigenvalue weighted by Crippen LogP contribution is 2.18. The number of hydrogen-bond acceptors (Lipinski definition) is 5. The van der Waals surface area contributed by atoms with E-state index >= 15 is 0 Å². The van der Waals surface area contributed by atoms with Gasteiger partial charge in [-0.25, -0.2) is 9.97 Å². The summed E-state index contributed by atoms with van der Waals surface area (Å²) in [7, 11) is 0. The molecule has 0 spiro atoms. The molecule has 0 bridgehead atoms. The van der Waals surface area contributed by atoms with Crippen LogP contribution in [-0.2, 0) is 4.79 Å². The number of amides is 1. The van der Waals surface area contributed by atoms with E-state index in [1.807, 2.05) is 13.8 Å². The first kappa shape index (κ1) is 14.2. The second-order valence-electron chi connectivity index (χ2n) is 4.98. The van der Waals surface area contributed by atoms with Gasteiger partial charge in [-0.15, -0.1) is 0 Å². The van der Waals surface area contributed by atoms with Crippen LogP contribution in [-0.4, -0.2) is 52.5 Å². The zero-order chi connectivity index (χ0) is 13.9. The summed E-state index contributed by atoms with van der Waals surface area (Å²) < 4.78 is 0. The molecule has 6 nitrogen and oxygen atoms in total. The van der Waals surface area contributed by atoms with Crippen molar-refractivity contribution >= 4 is 23.3 Å². The number of rotatable bonds is 3. The second kappa shape index (κ2) is 5.81. The molecule has 0 atom stereocenters. The normalized spacial score (nSPS) is 17.2. The summed E-state index contributed by atoms with van der Waals surface area (Å²) >= 11 is 5.77. The van der Waals surface area contributed by atoms with E-state index in [0.717, 1.165) is 26.2 Å². The fourth-order valence-corrected chi connectivity index (χ4v) is 2.19. The van der Waals surface area contributed by atoms with Crippen molar-refractivity contribution in [3.05, 3.63) is 17.5 Å². The molecule has 104 valence electrons. The van der Waals surface area contributed by atoms with Crippen molar-refractivity contribution in [2.75, 3.05) is 31.5 Å². The number of nitrogens with one attached hydrogen (secondary N) is 2. The van der Waals surface area contributed by atoms with Crippen molar-refractivity contribution in [3.63, 3.8) is 0 Å². The molecule has 1 aliphatic rings. The molecule has 0 aliphatic carbocycles. The van der Waals surface area contributed by atoms with Crippen LogP contribution >= 0.6 is 11.6 Å². The van der Waals surface area contributed by atoms with Crippen molar-refractivity contribution in [3.8, 4) is 0 Å². The Morgan fingerprint density at radius 1 is 1.42 bits per heavy atom. The van der Waals surface area contributed by atoms with Crippen LogP contribution in [0.4, 0.5) is 5.82 Å². The standard InChI is InChI=1S/C12H18ClN5O/c1-12(2,18-5-3-14-4-6-18)11(19)17-10-7-9(13)15-8-16-10/h7-8,14H,3-6H2,1-2H3,(H,15,16,17,19). The molecule has 1 aliphatic heterocycles. The smallest absolute Gasteiger partial charge is 0.245 e. The van der Waals surface area contributed by atoms with Gasteiger partial charge in [-0.3, -0.25) is 9.69 Å². The summed E-state index contributed by atoms with van der Waals surface area (Å²) in [6.45, 7) is 7.33. The average Bonchev–Trinajstić information content (AvgIpc) is 2.39. The lowest BCUT2D eigenvalue weighted by Crippen LogP contribution is -2.58. The minimum absolute atomic E-state index is 0.0934. The fourth-order valence-electron chi connectivity index (χ4n) is 2.04. The van der Waals surface area contributed by atoms with Gasteiger partial charge in [-0.05, 0) is 13.8 Å². The van der Waals surface area contributed by atoms with Crippen LogP contribution in [0.25, 0.3) is 0 Å². The Kier molecular flexibility index (Phi) is 4.34. The van der Waals surface area contributed by atoms with Gasteiger partial charge in [0.15, 0.2) is 0 Å². The van der Waals surface area contributed by atoms with E-state index < -0.39 is 5.54 Å².